The Hall–Kier alpha value is -0.580. The summed E-state index contributed by atoms with van der Waals surface area (Å²) in [6.45, 7) is 1.85. The molecule has 0 heterocycles. The smallest absolute Gasteiger partial charge is 0.133 e. The average molecular weight is 274 g/mol. The van der Waals surface area contributed by atoms with Crippen LogP contribution in [-0.2, 0) is 11.2 Å². The van der Waals surface area contributed by atoms with E-state index in [1.165, 1.54) is 0 Å². The summed E-state index contributed by atoms with van der Waals surface area (Å²) in [5.41, 5.74) is 6.35. The van der Waals surface area contributed by atoms with E-state index in [0.29, 0.717) is 6.42 Å². The van der Waals surface area contributed by atoms with Gasteiger partial charge in [-0.25, -0.2) is 0 Å². The highest BCUT2D eigenvalue weighted by atomic mass is 79.9. The molecule has 1 aromatic carbocycles. The number of rotatable bonds is 4. The van der Waals surface area contributed by atoms with Gasteiger partial charge in [-0.1, -0.05) is 6.07 Å². The molecule has 1 unspecified atom stereocenters. The molecule has 0 saturated carbocycles. The molecule has 1 aromatic rings. The summed E-state index contributed by atoms with van der Waals surface area (Å²) in [5, 5.41) is 0. The van der Waals surface area contributed by atoms with Gasteiger partial charge in [-0.15, -0.1) is 0 Å². The van der Waals surface area contributed by atoms with Crippen LogP contribution in [0, 0.1) is 0 Å². The van der Waals surface area contributed by atoms with Gasteiger partial charge in [-0.2, -0.15) is 0 Å². The van der Waals surface area contributed by atoms with Gasteiger partial charge in [0.1, 0.15) is 11.5 Å². The number of ether oxygens (including phenoxy) is 2. The highest BCUT2D eigenvalue weighted by Crippen LogP contribution is 2.26. The molecule has 4 heteroatoms. The van der Waals surface area contributed by atoms with E-state index in [2.05, 4.69) is 15.9 Å². The Morgan fingerprint density at radius 1 is 1.40 bits per heavy atom. The van der Waals surface area contributed by atoms with Gasteiger partial charge in [-0.3, -0.25) is 0 Å². The molecule has 0 fully saturated rings. The van der Waals surface area contributed by atoms with E-state index in [4.69, 9.17) is 15.2 Å². The molecule has 1 rings (SSSR count). The maximum Gasteiger partial charge on any atom is 0.133 e. The van der Waals surface area contributed by atoms with Crippen LogP contribution in [0.15, 0.2) is 22.7 Å². The predicted molar refractivity (Wildman–Crippen MR) is 64.0 cm³/mol. The van der Waals surface area contributed by atoms with Crippen LogP contribution in [0.25, 0.3) is 0 Å². The second-order valence-electron chi connectivity index (χ2n) is 3.66. The topological polar surface area (TPSA) is 44.5 Å². The SMILES string of the molecule is COc1cc(CC(C)(N)OC)ccc1Br. The van der Waals surface area contributed by atoms with E-state index in [1.807, 2.05) is 25.1 Å². The van der Waals surface area contributed by atoms with Gasteiger partial charge in [0.15, 0.2) is 0 Å². The Morgan fingerprint density at radius 2 is 2.07 bits per heavy atom. The molecule has 0 bridgehead atoms. The molecule has 0 amide bonds. The summed E-state index contributed by atoms with van der Waals surface area (Å²) in [6, 6.07) is 5.89. The van der Waals surface area contributed by atoms with Gasteiger partial charge in [0.05, 0.1) is 11.6 Å². The van der Waals surface area contributed by atoms with E-state index in [1.54, 1.807) is 14.2 Å². The van der Waals surface area contributed by atoms with Gasteiger partial charge >= 0.3 is 0 Å². The van der Waals surface area contributed by atoms with Crippen molar-refractivity contribution in [2.75, 3.05) is 14.2 Å². The summed E-state index contributed by atoms with van der Waals surface area (Å²) < 4.78 is 11.3. The second-order valence-corrected chi connectivity index (χ2v) is 4.52. The van der Waals surface area contributed by atoms with Crippen molar-refractivity contribution in [2.24, 2.45) is 5.73 Å². The first-order valence-corrected chi connectivity index (χ1v) is 5.44. The standard InChI is InChI=1S/C11H16BrNO2/c1-11(13,15-3)7-8-4-5-9(12)10(6-8)14-2/h4-6H,7,13H2,1-3H3. The number of hydrogen-bond acceptors (Lipinski definition) is 3. The Labute approximate surface area is 98.7 Å². The zero-order chi connectivity index (χ0) is 11.5. The fourth-order valence-electron chi connectivity index (χ4n) is 1.29. The van der Waals surface area contributed by atoms with Crippen LogP contribution in [0.5, 0.6) is 5.75 Å². The zero-order valence-corrected chi connectivity index (χ0v) is 10.8. The van der Waals surface area contributed by atoms with Crippen molar-refractivity contribution in [1.82, 2.24) is 0 Å². The van der Waals surface area contributed by atoms with E-state index in [9.17, 15) is 0 Å². The maximum absolute atomic E-state index is 5.90. The molecular weight excluding hydrogens is 258 g/mol. The third kappa shape index (κ3) is 3.48. The summed E-state index contributed by atoms with van der Waals surface area (Å²) in [7, 11) is 3.25. The van der Waals surface area contributed by atoms with Crippen LogP contribution in [0.2, 0.25) is 0 Å². The molecule has 0 aliphatic rings. The largest absolute Gasteiger partial charge is 0.496 e. The fraction of sp³-hybridized carbons (Fsp3) is 0.455. The van der Waals surface area contributed by atoms with E-state index in [0.717, 1.165) is 15.8 Å². The van der Waals surface area contributed by atoms with E-state index < -0.39 is 5.72 Å². The van der Waals surface area contributed by atoms with Gasteiger partial charge in [0.2, 0.25) is 0 Å². The summed E-state index contributed by atoms with van der Waals surface area (Å²) >= 11 is 3.40. The van der Waals surface area contributed by atoms with Gasteiger partial charge < -0.3 is 15.2 Å². The normalized spacial score (nSPS) is 14.7. The average Bonchev–Trinajstić information content (AvgIpc) is 2.20. The van der Waals surface area contributed by atoms with Crippen molar-refractivity contribution in [1.29, 1.82) is 0 Å². The first-order chi connectivity index (χ1) is 6.98. The Morgan fingerprint density at radius 3 is 2.60 bits per heavy atom. The van der Waals surface area contributed by atoms with Gasteiger partial charge in [0.25, 0.3) is 0 Å². The fourth-order valence-corrected chi connectivity index (χ4v) is 1.70. The van der Waals surface area contributed by atoms with Crippen molar-refractivity contribution in [3.8, 4) is 5.75 Å². The van der Waals surface area contributed by atoms with Gasteiger partial charge in [0, 0.05) is 13.5 Å². The molecule has 0 saturated heterocycles. The first-order valence-electron chi connectivity index (χ1n) is 4.65. The van der Waals surface area contributed by atoms with Crippen molar-refractivity contribution in [3.05, 3.63) is 28.2 Å². The molecule has 2 N–H and O–H groups in total. The van der Waals surface area contributed by atoms with E-state index in [-0.39, 0.29) is 0 Å². The van der Waals surface area contributed by atoms with Crippen molar-refractivity contribution < 1.29 is 9.47 Å². The number of nitrogens with two attached hydrogens (primary N) is 1. The first kappa shape index (κ1) is 12.5. The van der Waals surface area contributed by atoms with Crippen LogP contribution >= 0.6 is 15.9 Å². The molecule has 0 radical (unpaired) electrons. The van der Waals surface area contributed by atoms with Crippen LogP contribution in [0.4, 0.5) is 0 Å². The second kappa shape index (κ2) is 4.96. The van der Waals surface area contributed by atoms with Crippen LogP contribution in [-0.4, -0.2) is 19.9 Å². The predicted octanol–water partition coefficient (Wildman–Crippen LogP) is 2.32. The number of benzene rings is 1. The minimum absolute atomic E-state index is 0.640. The third-order valence-corrected chi connectivity index (χ3v) is 2.89. The molecule has 84 valence electrons. The van der Waals surface area contributed by atoms with Crippen LogP contribution in [0.3, 0.4) is 0 Å². The summed E-state index contributed by atoms with van der Waals surface area (Å²) in [6.07, 6.45) is 0.646. The lowest BCUT2D eigenvalue weighted by Crippen LogP contribution is -2.40. The summed E-state index contributed by atoms with van der Waals surface area (Å²) in [5.74, 6) is 0.805. The third-order valence-electron chi connectivity index (χ3n) is 2.24. The lowest BCUT2D eigenvalue weighted by atomic mass is 10.0. The van der Waals surface area contributed by atoms with Crippen LogP contribution < -0.4 is 10.5 Å². The monoisotopic (exact) mass is 273 g/mol. The molecule has 3 nitrogen and oxygen atoms in total. The molecule has 1 atom stereocenters. The Kier molecular flexibility index (Phi) is 4.13. The van der Waals surface area contributed by atoms with Crippen molar-refractivity contribution in [3.63, 3.8) is 0 Å². The number of halogens is 1. The van der Waals surface area contributed by atoms with Crippen LogP contribution in [0.1, 0.15) is 12.5 Å². The molecular formula is C11H16BrNO2. The van der Waals surface area contributed by atoms with Crippen molar-refractivity contribution in [2.45, 2.75) is 19.1 Å². The number of methoxy groups -OCH3 is 2. The minimum atomic E-state index is -0.640. The summed E-state index contributed by atoms with van der Waals surface area (Å²) in [4.78, 5) is 0. The Balaban J connectivity index is 2.87. The van der Waals surface area contributed by atoms with E-state index >= 15 is 0 Å². The molecule has 0 aliphatic carbocycles. The Bertz CT molecular complexity index is 339. The molecule has 0 aromatic heterocycles. The quantitative estimate of drug-likeness (QED) is 0.857. The zero-order valence-electron chi connectivity index (χ0n) is 9.21. The maximum atomic E-state index is 5.90. The molecule has 0 aliphatic heterocycles. The van der Waals surface area contributed by atoms with Gasteiger partial charge in [-0.05, 0) is 40.5 Å². The lowest BCUT2D eigenvalue weighted by Gasteiger charge is -2.23. The minimum Gasteiger partial charge on any atom is -0.496 e. The highest BCUT2D eigenvalue weighted by molar-refractivity contribution is 9.10. The lowest BCUT2D eigenvalue weighted by molar-refractivity contribution is 0.0121. The molecule has 15 heavy (non-hydrogen) atoms. The molecule has 0 spiro atoms. The van der Waals surface area contributed by atoms with Crippen molar-refractivity contribution >= 4 is 15.9 Å². The number of hydrogen-bond donors (Lipinski definition) is 1. The highest BCUT2D eigenvalue weighted by Gasteiger charge is 2.18.